The molecule has 50 valence electrons. The van der Waals surface area contributed by atoms with E-state index < -0.39 is 12.0 Å². The van der Waals surface area contributed by atoms with Gasteiger partial charge in [0.25, 0.3) is 0 Å². The minimum Gasteiger partial charge on any atom is -0.480 e. The smallest absolute Gasteiger partial charge is 0.321 e. The number of carbonyl (C=O) groups is 1. The normalized spacial score (nSPS) is 11.8. The van der Waals surface area contributed by atoms with Crippen LogP contribution in [0.15, 0.2) is 0 Å². The molecule has 0 aliphatic heterocycles. The van der Waals surface area contributed by atoms with E-state index in [1.807, 2.05) is 0 Å². The molecule has 0 aromatic rings. The zero-order chi connectivity index (χ0) is 5.86. The molecule has 0 heterocycles. The van der Waals surface area contributed by atoms with Gasteiger partial charge in [0, 0.05) is 6.54 Å². The highest BCUT2D eigenvalue weighted by Gasteiger charge is 2.05. The number of nitrogens with two attached hydrogens (primary N) is 2. The third-order valence-electron chi connectivity index (χ3n) is 0.571. The number of carboxylic acids is 1. The predicted octanol–water partition coefficient (Wildman–Crippen LogP) is -1.22. The summed E-state index contributed by atoms with van der Waals surface area (Å²) in [6.45, 7) is -0.00463. The Balaban J connectivity index is 0. The fourth-order valence-corrected chi connectivity index (χ4v) is 0.101. The molecule has 5 N–H and O–H groups in total. The quantitative estimate of drug-likeness (QED) is 0.449. The van der Waals surface area contributed by atoms with Crippen molar-refractivity contribution in [2.75, 3.05) is 6.54 Å². The molecule has 0 unspecified atom stereocenters. The van der Waals surface area contributed by atoms with Gasteiger partial charge in [-0.2, -0.15) is 0 Å². The van der Waals surface area contributed by atoms with E-state index in [4.69, 9.17) is 16.6 Å². The Morgan fingerprint density at radius 2 is 2.12 bits per heavy atom. The molecule has 0 saturated heterocycles. The first kappa shape index (κ1) is 10.6. The molecule has 0 fully saturated rings. The van der Waals surface area contributed by atoms with Gasteiger partial charge in [-0.05, 0) is 0 Å². The zero-order valence-electron chi connectivity index (χ0n) is 4.20. The third kappa shape index (κ3) is 3.86. The Labute approximate surface area is 53.3 Å². The molecule has 0 radical (unpaired) electrons. The molecule has 8 heavy (non-hydrogen) atoms. The number of halogens is 1. The summed E-state index contributed by atoms with van der Waals surface area (Å²) in [5.74, 6) is -1.05. The van der Waals surface area contributed by atoms with Crippen molar-refractivity contribution in [3.63, 3.8) is 0 Å². The molecule has 0 aliphatic carbocycles. The molecule has 0 saturated carbocycles. The van der Waals surface area contributed by atoms with Gasteiger partial charge in [0.1, 0.15) is 6.04 Å². The minimum absolute atomic E-state index is 0. The Hall–Kier alpha value is -0.320. The minimum atomic E-state index is -1.05. The largest absolute Gasteiger partial charge is 0.480 e. The van der Waals surface area contributed by atoms with Crippen LogP contribution < -0.4 is 11.5 Å². The van der Waals surface area contributed by atoms with E-state index in [9.17, 15) is 4.79 Å². The lowest BCUT2D eigenvalue weighted by Gasteiger charge is -1.97. The number of aliphatic carboxylic acids is 1. The Bertz CT molecular complexity index is 77.7. The lowest BCUT2D eigenvalue weighted by atomic mass is 10.3. The summed E-state index contributed by atoms with van der Waals surface area (Å²) in [6, 6.07) is -0.903. The molecular weight excluding hydrogens is 131 g/mol. The van der Waals surface area contributed by atoms with Crippen molar-refractivity contribution in [2.24, 2.45) is 11.5 Å². The molecule has 0 spiro atoms. The van der Waals surface area contributed by atoms with Gasteiger partial charge < -0.3 is 16.6 Å². The second-order valence-electron chi connectivity index (χ2n) is 1.18. The van der Waals surface area contributed by atoms with Gasteiger partial charge in [-0.1, -0.05) is 0 Å². The highest BCUT2D eigenvalue weighted by Crippen LogP contribution is 1.68. The average molecular weight is 141 g/mol. The van der Waals surface area contributed by atoms with E-state index >= 15 is 0 Å². The summed E-state index contributed by atoms with van der Waals surface area (Å²) in [5, 5.41) is 7.98. The predicted molar refractivity (Wildman–Crippen MR) is 31.9 cm³/mol. The van der Waals surface area contributed by atoms with Gasteiger partial charge in [0.05, 0.1) is 0 Å². The van der Waals surface area contributed by atoms with E-state index in [1.165, 1.54) is 0 Å². The average Bonchev–Trinajstić information content (AvgIpc) is 1.65. The van der Waals surface area contributed by atoms with Gasteiger partial charge in [-0.15, -0.1) is 12.4 Å². The summed E-state index contributed by atoms with van der Waals surface area (Å²) in [6.07, 6.45) is 0. The zero-order valence-corrected chi connectivity index (χ0v) is 5.02. The van der Waals surface area contributed by atoms with Gasteiger partial charge >= 0.3 is 5.97 Å². The second-order valence-corrected chi connectivity index (χ2v) is 1.18. The number of carboxylic acid groups (broad SMARTS) is 1. The molecule has 0 aromatic carbocycles. The van der Waals surface area contributed by atoms with Gasteiger partial charge in [-0.25, -0.2) is 0 Å². The number of rotatable bonds is 2. The standard InChI is InChI=1S/C3H8N2O2.ClH/c4-1-2(5)3(6)7;/h2H,1,4-5H2,(H,6,7);1H/t2-;/m1./s1. The van der Waals surface area contributed by atoms with Crippen molar-refractivity contribution in [1.29, 1.82) is 0 Å². The topological polar surface area (TPSA) is 89.3 Å². The molecule has 5 heteroatoms. The summed E-state index contributed by atoms with van der Waals surface area (Å²) < 4.78 is 0. The molecule has 4 nitrogen and oxygen atoms in total. The first-order valence-corrected chi connectivity index (χ1v) is 1.87. The molecule has 0 rings (SSSR count). The van der Waals surface area contributed by atoms with Crippen molar-refractivity contribution in [1.82, 2.24) is 0 Å². The Morgan fingerprint density at radius 1 is 1.75 bits per heavy atom. The fourth-order valence-electron chi connectivity index (χ4n) is 0.101. The van der Waals surface area contributed by atoms with Crippen molar-refractivity contribution in [2.45, 2.75) is 6.04 Å². The van der Waals surface area contributed by atoms with E-state index in [0.29, 0.717) is 0 Å². The van der Waals surface area contributed by atoms with Gasteiger partial charge in [0.15, 0.2) is 0 Å². The highest BCUT2D eigenvalue weighted by molar-refractivity contribution is 5.85. The van der Waals surface area contributed by atoms with E-state index in [-0.39, 0.29) is 19.0 Å². The summed E-state index contributed by atoms with van der Waals surface area (Å²) in [4.78, 5) is 9.73. The summed E-state index contributed by atoms with van der Waals surface area (Å²) in [5.41, 5.74) is 9.76. The van der Waals surface area contributed by atoms with Crippen LogP contribution in [0.1, 0.15) is 0 Å². The van der Waals surface area contributed by atoms with Crippen molar-refractivity contribution in [3.05, 3.63) is 0 Å². The molecule has 0 bridgehead atoms. The Kier molecular flexibility index (Phi) is 6.41. The van der Waals surface area contributed by atoms with Crippen molar-refractivity contribution < 1.29 is 9.90 Å². The third-order valence-corrected chi connectivity index (χ3v) is 0.571. The van der Waals surface area contributed by atoms with Crippen LogP contribution >= 0.6 is 12.4 Å². The van der Waals surface area contributed by atoms with Crippen LogP contribution in [-0.2, 0) is 4.79 Å². The number of hydrogen-bond donors (Lipinski definition) is 3. The summed E-state index contributed by atoms with van der Waals surface area (Å²) >= 11 is 0. The van der Waals surface area contributed by atoms with Crippen molar-refractivity contribution in [3.8, 4) is 0 Å². The van der Waals surface area contributed by atoms with E-state index in [2.05, 4.69) is 0 Å². The van der Waals surface area contributed by atoms with E-state index in [1.54, 1.807) is 0 Å². The lowest BCUT2D eigenvalue weighted by molar-refractivity contribution is -0.138. The maximum absolute atomic E-state index is 9.73. The molecule has 0 aliphatic rings. The monoisotopic (exact) mass is 140 g/mol. The SMILES string of the molecule is Cl.NC[C@@H](N)C(=O)O. The van der Waals surface area contributed by atoms with Crippen LogP contribution in [0.4, 0.5) is 0 Å². The van der Waals surface area contributed by atoms with Crippen LogP contribution in [0.2, 0.25) is 0 Å². The Morgan fingerprint density at radius 3 is 2.12 bits per heavy atom. The highest BCUT2D eigenvalue weighted by atomic mass is 35.5. The number of hydrogen-bond acceptors (Lipinski definition) is 3. The maximum Gasteiger partial charge on any atom is 0.321 e. The second kappa shape index (κ2) is 4.83. The fraction of sp³-hybridized carbons (Fsp3) is 0.667. The molecular formula is C3H9ClN2O2. The first-order chi connectivity index (χ1) is 3.18. The molecule has 1 atom stereocenters. The van der Waals surface area contributed by atoms with Crippen LogP contribution in [0.25, 0.3) is 0 Å². The van der Waals surface area contributed by atoms with Gasteiger partial charge in [0.2, 0.25) is 0 Å². The van der Waals surface area contributed by atoms with Crippen LogP contribution in [0.3, 0.4) is 0 Å². The van der Waals surface area contributed by atoms with Crippen LogP contribution in [0.5, 0.6) is 0 Å². The van der Waals surface area contributed by atoms with Crippen molar-refractivity contribution >= 4 is 18.4 Å². The maximum atomic E-state index is 9.73. The van der Waals surface area contributed by atoms with Gasteiger partial charge in [-0.3, -0.25) is 4.79 Å². The van der Waals surface area contributed by atoms with Crippen LogP contribution in [-0.4, -0.2) is 23.7 Å². The first-order valence-electron chi connectivity index (χ1n) is 1.87. The molecule has 0 amide bonds. The van der Waals surface area contributed by atoms with Crippen LogP contribution in [0, 0.1) is 0 Å². The molecule has 0 aromatic heterocycles. The lowest BCUT2D eigenvalue weighted by Crippen LogP contribution is -2.37. The van der Waals surface area contributed by atoms with E-state index in [0.717, 1.165) is 0 Å². The summed E-state index contributed by atoms with van der Waals surface area (Å²) in [7, 11) is 0.